The molecule has 1 aromatic rings. The molecule has 0 fully saturated rings. The molecule has 0 aliphatic heterocycles. The van der Waals surface area contributed by atoms with Crippen LogP contribution in [0.25, 0.3) is 0 Å². The lowest BCUT2D eigenvalue weighted by Gasteiger charge is -2.08. The Kier molecular flexibility index (Phi) is 5.74. The van der Waals surface area contributed by atoms with Gasteiger partial charge in [-0.1, -0.05) is 23.7 Å². The van der Waals surface area contributed by atoms with E-state index in [0.717, 1.165) is 0 Å². The van der Waals surface area contributed by atoms with Crippen molar-refractivity contribution in [2.45, 2.75) is 0 Å². The van der Waals surface area contributed by atoms with Gasteiger partial charge in [0.15, 0.2) is 0 Å². The van der Waals surface area contributed by atoms with Gasteiger partial charge in [0.25, 0.3) is 0 Å². The summed E-state index contributed by atoms with van der Waals surface area (Å²) >= 11 is 5.90. The van der Waals surface area contributed by atoms with Gasteiger partial charge in [0.1, 0.15) is 22.2 Å². The molecule has 0 amide bonds. The van der Waals surface area contributed by atoms with E-state index < -0.39 is 9.84 Å². The second kappa shape index (κ2) is 6.83. The van der Waals surface area contributed by atoms with Crippen LogP contribution in [0.3, 0.4) is 0 Å². The van der Waals surface area contributed by atoms with Gasteiger partial charge in [-0.25, -0.2) is 8.42 Å². The third kappa shape index (κ3) is 6.51. The van der Waals surface area contributed by atoms with Crippen LogP contribution >= 0.6 is 11.6 Å². The summed E-state index contributed by atoms with van der Waals surface area (Å²) in [6.45, 7) is 1.47. The number of hydrogen-bond acceptors (Lipinski definition) is 4. The van der Waals surface area contributed by atoms with Crippen molar-refractivity contribution in [3.63, 3.8) is 0 Å². The zero-order valence-electron chi connectivity index (χ0n) is 9.65. The highest BCUT2D eigenvalue weighted by Gasteiger charge is 2.01. The van der Waals surface area contributed by atoms with Crippen LogP contribution in [0.4, 0.5) is 0 Å². The molecular weight excluding hydrogens is 262 g/mol. The minimum absolute atomic E-state index is 0.138. The Morgan fingerprint density at radius 3 is 2.65 bits per heavy atom. The zero-order valence-corrected chi connectivity index (χ0v) is 11.2. The second-order valence-electron chi connectivity index (χ2n) is 3.66. The van der Waals surface area contributed by atoms with E-state index in [9.17, 15) is 8.42 Å². The fourth-order valence-electron chi connectivity index (χ4n) is 1.18. The minimum Gasteiger partial charge on any atom is -0.491 e. The Morgan fingerprint density at radius 1 is 1.29 bits per heavy atom. The predicted molar refractivity (Wildman–Crippen MR) is 69.5 cm³/mol. The summed E-state index contributed by atoms with van der Waals surface area (Å²) in [5.74, 6) is 0.776. The van der Waals surface area contributed by atoms with Gasteiger partial charge in [0.2, 0.25) is 0 Å². The Bertz CT molecular complexity index is 448. The van der Waals surface area contributed by atoms with Crippen molar-refractivity contribution in [2.75, 3.05) is 31.7 Å². The number of para-hydroxylation sites is 1. The summed E-state index contributed by atoms with van der Waals surface area (Å²) < 4.78 is 27.1. The van der Waals surface area contributed by atoms with Crippen LogP contribution in [0, 0.1) is 0 Å². The molecule has 0 heterocycles. The Balaban J connectivity index is 2.15. The summed E-state index contributed by atoms with van der Waals surface area (Å²) in [6.07, 6.45) is 1.22. The molecule has 1 rings (SSSR count). The lowest BCUT2D eigenvalue weighted by atomic mass is 10.3. The number of halogens is 1. The van der Waals surface area contributed by atoms with Crippen LogP contribution in [-0.2, 0) is 9.84 Å². The fourth-order valence-corrected chi connectivity index (χ4v) is 1.88. The highest BCUT2D eigenvalue weighted by atomic mass is 35.5. The summed E-state index contributed by atoms with van der Waals surface area (Å²) in [7, 11) is -2.89. The smallest absolute Gasteiger partial charge is 0.148 e. The molecule has 0 spiro atoms. The van der Waals surface area contributed by atoms with Crippen LogP contribution in [0.5, 0.6) is 5.75 Å². The van der Waals surface area contributed by atoms with Gasteiger partial charge in [0, 0.05) is 19.3 Å². The van der Waals surface area contributed by atoms with Crippen LogP contribution in [0.15, 0.2) is 24.3 Å². The molecule has 6 heteroatoms. The van der Waals surface area contributed by atoms with Crippen LogP contribution in [0.1, 0.15) is 0 Å². The van der Waals surface area contributed by atoms with E-state index in [1.807, 2.05) is 12.1 Å². The van der Waals surface area contributed by atoms with Crippen molar-refractivity contribution >= 4 is 21.4 Å². The van der Waals surface area contributed by atoms with Gasteiger partial charge in [-0.3, -0.25) is 0 Å². The first kappa shape index (κ1) is 14.3. The van der Waals surface area contributed by atoms with Crippen molar-refractivity contribution in [1.29, 1.82) is 0 Å². The maximum absolute atomic E-state index is 10.8. The SMILES string of the molecule is CS(=O)(=O)CCNCCOc1ccccc1Cl. The number of nitrogens with one attached hydrogen (secondary N) is 1. The zero-order chi connectivity index (χ0) is 12.7. The second-order valence-corrected chi connectivity index (χ2v) is 6.33. The molecule has 0 saturated heterocycles. The summed E-state index contributed by atoms with van der Waals surface area (Å²) in [5, 5.41) is 3.56. The molecule has 96 valence electrons. The molecule has 0 atom stereocenters. The van der Waals surface area contributed by atoms with E-state index >= 15 is 0 Å². The Labute approximate surface area is 107 Å². The van der Waals surface area contributed by atoms with Gasteiger partial charge < -0.3 is 10.1 Å². The van der Waals surface area contributed by atoms with E-state index in [1.165, 1.54) is 6.26 Å². The Hall–Kier alpha value is -0.780. The quantitative estimate of drug-likeness (QED) is 0.765. The van der Waals surface area contributed by atoms with Crippen molar-refractivity contribution in [2.24, 2.45) is 0 Å². The highest BCUT2D eigenvalue weighted by Crippen LogP contribution is 2.22. The summed E-state index contributed by atoms with van der Waals surface area (Å²) in [5.41, 5.74) is 0. The van der Waals surface area contributed by atoms with E-state index in [4.69, 9.17) is 16.3 Å². The predicted octanol–water partition coefficient (Wildman–Crippen LogP) is 1.35. The summed E-state index contributed by atoms with van der Waals surface area (Å²) in [6, 6.07) is 7.23. The van der Waals surface area contributed by atoms with Crippen molar-refractivity contribution in [1.82, 2.24) is 5.32 Å². The number of ether oxygens (including phenoxy) is 1. The van der Waals surface area contributed by atoms with Gasteiger partial charge in [0.05, 0.1) is 10.8 Å². The van der Waals surface area contributed by atoms with Crippen molar-refractivity contribution < 1.29 is 13.2 Å². The lowest BCUT2D eigenvalue weighted by Crippen LogP contribution is -2.26. The fraction of sp³-hybridized carbons (Fsp3) is 0.455. The van der Waals surface area contributed by atoms with Crippen LogP contribution in [0.2, 0.25) is 5.02 Å². The van der Waals surface area contributed by atoms with Gasteiger partial charge in [-0.2, -0.15) is 0 Å². The first-order valence-corrected chi connectivity index (χ1v) is 7.68. The van der Waals surface area contributed by atoms with Gasteiger partial charge >= 0.3 is 0 Å². The first-order chi connectivity index (χ1) is 7.99. The third-order valence-electron chi connectivity index (χ3n) is 2.02. The molecule has 0 unspecified atom stereocenters. The topological polar surface area (TPSA) is 55.4 Å². The highest BCUT2D eigenvalue weighted by molar-refractivity contribution is 7.90. The maximum atomic E-state index is 10.8. The van der Waals surface area contributed by atoms with Crippen molar-refractivity contribution in [3.8, 4) is 5.75 Å². The largest absolute Gasteiger partial charge is 0.491 e. The number of hydrogen-bond donors (Lipinski definition) is 1. The van der Waals surface area contributed by atoms with E-state index in [0.29, 0.717) is 30.5 Å². The molecule has 0 aromatic heterocycles. The third-order valence-corrected chi connectivity index (χ3v) is 3.28. The Morgan fingerprint density at radius 2 is 2.00 bits per heavy atom. The van der Waals surface area contributed by atoms with Crippen molar-refractivity contribution in [3.05, 3.63) is 29.3 Å². The maximum Gasteiger partial charge on any atom is 0.148 e. The standard InChI is InChI=1S/C11H16ClNO3S/c1-17(14,15)9-7-13-6-8-16-11-5-3-2-4-10(11)12/h2-5,13H,6-9H2,1H3. The van der Waals surface area contributed by atoms with Gasteiger partial charge in [-0.05, 0) is 12.1 Å². The monoisotopic (exact) mass is 277 g/mol. The minimum atomic E-state index is -2.89. The molecule has 4 nitrogen and oxygen atoms in total. The molecule has 0 aliphatic carbocycles. The lowest BCUT2D eigenvalue weighted by molar-refractivity contribution is 0.315. The summed E-state index contributed by atoms with van der Waals surface area (Å²) in [4.78, 5) is 0. The normalized spacial score (nSPS) is 11.4. The molecule has 0 aliphatic rings. The van der Waals surface area contributed by atoms with E-state index in [-0.39, 0.29) is 5.75 Å². The van der Waals surface area contributed by atoms with Crippen LogP contribution < -0.4 is 10.1 Å². The average molecular weight is 278 g/mol. The van der Waals surface area contributed by atoms with E-state index in [2.05, 4.69) is 5.32 Å². The average Bonchev–Trinajstić information content (AvgIpc) is 2.24. The first-order valence-electron chi connectivity index (χ1n) is 5.25. The molecule has 0 saturated carbocycles. The molecule has 17 heavy (non-hydrogen) atoms. The molecule has 0 radical (unpaired) electrons. The number of sulfone groups is 1. The molecule has 1 aromatic carbocycles. The van der Waals surface area contributed by atoms with E-state index in [1.54, 1.807) is 12.1 Å². The van der Waals surface area contributed by atoms with Gasteiger partial charge in [-0.15, -0.1) is 0 Å². The number of rotatable bonds is 7. The molecular formula is C11H16ClNO3S. The number of benzene rings is 1. The molecule has 0 bridgehead atoms. The molecule has 1 N–H and O–H groups in total. The van der Waals surface area contributed by atoms with Crippen LogP contribution in [-0.4, -0.2) is 40.1 Å².